The van der Waals surface area contributed by atoms with Crippen LogP contribution in [0.5, 0.6) is 0 Å². The lowest BCUT2D eigenvalue weighted by Gasteiger charge is -2.25. The third-order valence-corrected chi connectivity index (χ3v) is 4.01. The summed E-state index contributed by atoms with van der Waals surface area (Å²) in [6.45, 7) is 0. The summed E-state index contributed by atoms with van der Waals surface area (Å²) in [5.74, 6) is 0. The van der Waals surface area contributed by atoms with Crippen molar-refractivity contribution in [2.75, 3.05) is 0 Å². The predicted molar refractivity (Wildman–Crippen MR) is 78.6 cm³/mol. The molecular weight excluding hydrogens is 288 g/mol. The van der Waals surface area contributed by atoms with E-state index in [1.165, 1.54) is 12.1 Å². The minimum atomic E-state index is -0.992. The zero-order valence-electron chi connectivity index (χ0n) is 11.8. The molecule has 106 valence electrons. The molecule has 5 heteroatoms. The van der Waals surface area contributed by atoms with Crippen molar-refractivity contribution >= 4 is 0 Å². The molecule has 2 aromatic rings. The number of rotatable bonds is 0. The monoisotopic (exact) mass is 296 g/mol. The van der Waals surface area contributed by atoms with Crippen LogP contribution >= 0.6 is 0 Å². The third kappa shape index (κ3) is 2.10. The molecule has 3 rings (SSSR count). The number of hydrogen-bond acceptors (Lipinski definition) is 5. The van der Waals surface area contributed by atoms with Crippen molar-refractivity contribution < 1.29 is 5.11 Å². The molecule has 0 fully saturated rings. The Morgan fingerprint density at radius 2 is 1.04 bits per heavy atom. The van der Waals surface area contributed by atoms with Gasteiger partial charge in [-0.05, 0) is 52.9 Å². The lowest BCUT2D eigenvalue weighted by Crippen LogP contribution is -2.15. The fourth-order valence-electron chi connectivity index (χ4n) is 2.88. The van der Waals surface area contributed by atoms with Gasteiger partial charge in [-0.25, -0.2) is 0 Å². The van der Waals surface area contributed by atoms with Gasteiger partial charge < -0.3 is 5.11 Å². The van der Waals surface area contributed by atoms with Gasteiger partial charge in [-0.3, -0.25) is 0 Å². The van der Waals surface area contributed by atoms with Crippen molar-refractivity contribution in [3.63, 3.8) is 0 Å². The van der Waals surface area contributed by atoms with Crippen molar-refractivity contribution in [2.45, 2.75) is 12.5 Å². The Morgan fingerprint density at radius 3 is 1.39 bits per heavy atom. The van der Waals surface area contributed by atoms with Crippen LogP contribution in [0.15, 0.2) is 24.3 Å². The summed E-state index contributed by atoms with van der Waals surface area (Å²) in [6.07, 6.45) is -0.559. The second-order valence-electron chi connectivity index (χ2n) is 5.22. The highest BCUT2D eigenvalue weighted by molar-refractivity contribution is 5.59. The maximum absolute atomic E-state index is 10.6. The molecule has 1 aliphatic carbocycles. The maximum atomic E-state index is 10.6. The Hall–Kier alpha value is -3.64. The van der Waals surface area contributed by atoms with E-state index in [1.54, 1.807) is 12.1 Å². The first-order chi connectivity index (χ1) is 11.1. The Bertz CT molecular complexity index is 928. The van der Waals surface area contributed by atoms with E-state index in [0.717, 1.165) is 11.1 Å². The van der Waals surface area contributed by atoms with E-state index in [2.05, 4.69) is 0 Å². The van der Waals surface area contributed by atoms with Gasteiger partial charge in [0.1, 0.15) is 30.4 Å². The lowest BCUT2D eigenvalue weighted by atomic mass is 9.80. The first kappa shape index (κ1) is 14.3. The maximum Gasteiger partial charge on any atom is 0.105 e. The summed E-state index contributed by atoms with van der Waals surface area (Å²) < 4.78 is 0. The fourth-order valence-corrected chi connectivity index (χ4v) is 2.88. The number of aliphatic hydroxyl groups is 1. The first-order valence-electron chi connectivity index (χ1n) is 6.75. The number of hydrogen-bond donors (Lipinski definition) is 1. The van der Waals surface area contributed by atoms with E-state index in [4.69, 9.17) is 21.0 Å². The van der Waals surface area contributed by atoms with Gasteiger partial charge in [0.2, 0.25) is 0 Å². The number of nitriles is 4. The minimum absolute atomic E-state index is 0.211. The fraction of sp³-hybridized carbons (Fsp3) is 0.111. The van der Waals surface area contributed by atoms with Crippen molar-refractivity contribution in [2.24, 2.45) is 0 Å². The molecule has 23 heavy (non-hydrogen) atoms. The smallest absolute Gasteiger partial charge is 0.105 e. The molecule has 0 saturated heterocycles. The van der Waals surface area contributed by atoms with Gasteiger partial charge in [0.25, 0.3) is 0 Å². The Morgan fingerprint density at radius 1 is 0.696 bits per heavy atom. The van der Waals surface area contributed by atoms with E-state index in [-0.39, 0.29) is 22.3 Å². The molecule has 0 radical (unpaired) electrons. The number of benzene rings is 2. The van der Waals surface area contributed by atoms with E-state index in [0.29, 0.717) is 17.5 Å². The average Bonchev–Trinajstić information content (AvgIpc) is 2.59. The van der Waals surface area contributed by atoms with Crippen LogP contribution in [0.3, 0.4) is 0 Å². The van der Waals surface area contributed by atoms with Gasteiger partial charge >= 0.3 is 0 Å². The van der Waals surface area contributed by atoms with E-state index >= 15 is 0 Å². The Kier molecular flexibility index (Phi) is 3.29. The third-order valence-electron chi connectivity index (χ3n) is 4.01. The van der Waals surface area contributed by atoms with E-state index < -0.39 is 6.10 Å². The second-order valence-corrected chi connectivity index (χ2v) is 5.22. The molecule has 0 spiro atoms. The molecule has 1 aliphatic rings. The number of nitrogens with zero attached hydrogens (tertiary/aromatic N) is 4. The summed E-state index contributed by atoms with van der Waals surface area (Å²) in [5.41, 5.74) is 3.55. The summed E-state index contributed by atoms with van der Waals surface area (Å²) in [6, 6.07) is 14.1. The van der Waals surface area contributed by atoms with E-state index in [9.17, 15) is 5.11 Å². The number of fused-ring (bicyclic) bond motifs is 2. The summed E-state index contributed by atoms with van der Waals surface area (Å²) in [7, 11) is 0. The van der Waals surface area contributed by atoms with Gasteiger partial charge in [0, 0.05) is 0 Å². The van der Waals surface area contributed by atoms with E-state index in [1.807, 2.05) is 24.3 Å². The van der Waals surface area contributed by atoms with Crippen LogP contribution in [-0.4, -0.2) is 5.11 Å². The quantitative estimate of drug-likeness (QED) is 0.799. The normalized spacial score (nSPS) is 12.0. The van der Waals surface area contributed by atoms with Crippen LogP contribution < -0.4 is 0 Å². The zero-order valence-corrected chi connectivity index (χ0v) is 11.8. The van der Waals surface area contributed by atoms with Crippen molar-refractivity contribution in [1.29, 1.82) is 21.0 Å². The molecule has 0 aromatic heterocycles. The first-order valence-corrected chi connectivity index (χ1v) is 6.75. The highest BCUT2D eigenvalue weighted by Crippen LogP contribution is 2.37. The van der Waals surface area contributed by atoms with Crippen LogP contribution in [-0.2, 0) is 6.42 Å². The van der Waals surface area contributed by atoms with Crippen LogP contribution in [0, 0.1) is 45.3 Å². The van der Waals surface area contributed by atoms with Crippen molar-refractivity contribution in [3.8, 4) is 24.3 Å². The molecule has 0 aliphatic heterocycles. The van der Waals surface area contributed by atoms with Crippen LogP contribution in [0.25, 0.3) is 0 Å². The van der Waals surface area contributed by atoms with Gasteiger partial charge in [-0.15, -0.1) is 0 Å². The molecule has 0 amide bonds. The van der Waals surface area contributed by atoms with Gasteiger partial charge in [-0.1, -0.05) is 0 Å². The van der Waals surface area contributed by atoms with Crippen LogP contribution in [0.2, 0.25) is 0 Å². The largest absolute Gasteiger partial charge is 0.384 e. The lowest BCUT2D eigenvalue weighted by molar-refractivity contribution is 0.215. The molecule has 0 saturated carbocycles. The summed E-state index contributed by atoms with van der Waals surface area (Å²) in [5, 5.41) is 47.1. The van der Waals surface area contributed by atoms with Crippen molar-refractivity contribution in [1.82, 2.24) is 0 Å². The van der Waals surface area contributed by atoms with Crippen LogP contribution in [0.1, 0.15) is 50.6 Å². The van der Waals surface area contributed by atoms with Gasteiger partial charge in [0.15, 0.2) is 0 Å². The highest BCUT2D eigenvalue weighted by atomic mass is 16.3. The topological polar surface area (TPSA) is 115 Å². The average molecular weight is 296 g/mol. The predicted octanol–water partition coefficient (Wildman–Crippen LogP) is 2.16. The van der Waals surface area contributed by atoms with Gasteiger partial charge in [0.05, 0.1) is 22.3 Å². The molecule has 1 N–H and O–H groups in total. The summed E-state index contributed by atoms with van der Waals surface area (Å²) in [4.78, 5) is 0. The molecule has 0 unspecified atom stereocenters. The zero-order chi connectivity index (χ0) is 16.6. The molecule has 0 atom stereocenters. The molecule has 0 bridgehead atoms. The molecule has 0 heterocycles. The van der Waals surface area contributed by atoms with Crippen molar-refractivity contribution in [3.05, 3.63) is 68.8 Å². The second kappa shape index (κ2) is 5.28. The minimum Gasteiger partial charge on any atom is -0.384 e. The summed E-state index contributed by atoms with van der Waals surface area (Å²) >= 11 is 0. The standard InChI is InChI=1S/C18H8N4O/c19-6-12-2-10-1-11-3-13(7-20)15(9-22)5-17(11)18(23)16(10)4-14(12)8-21/h2-5,18,23H,1H2. The molecule has 2 aromatic carbocycles. The highest BCUT2D eigenvalue weighted by Gasteiger charge is 2.26. The Balaban J connectivity index is 2.23. The van der Waals surface area contributed by atoms with Gasteiger partial charge in [-0.2, -0.15) is 21.0 Å². The van der Waals surface area contributed by atoms with Crippen LogP contribution in [0.4, 0.5) is 0 Å². The Labute approximate surface area is 132 Å². The molecular formula is C18H8N4O. The number of aliphatic hydroxyl groups excluding tert-OH is 1. The molecule has 5 nitrogen and oxygen atoms in total. The SMILES string of the molecule is N#Cc1cc2c(cc1C#N)C(O)c1cc(C#N)c(C#N)cc1C2.